The Morgan fingerprint density at radius 3 is 2.08 bits per heavy atom. The summed E-state index contributed by atoms with van der Waals surface area (Å²) in [7, 11) is -5.66. The van der Waals surface area contributed by atoms with Gasteiger partial charge in [0.05, 0.1) is 17.6 Å². The molecular weight excluding hydrogens is 340 g/mol. The summed E-state index contributed by atoms with van der Waals surface area (Å²) < 4.78 is 36.2. The molecule has 2 rings (SSSR count). The Balaban J connectivity index is 2.16. The molecule has 4 nitrogen and oxygen atoms in total. The highest BCUT2D eigenvalue weighted by Gasteiger charge is 2.25. The van der Waals surface area contributed by atoms with Crippen LogP contribution >= 0.6 is 0 Å². The van der Waals surface area contributed by atoms with Crippen LogP contribution in [0.1, 0.15) is 17.2 Å². The Morgan fingerprint density at radius 2 is 1.54 bits per heavy atom. The van der Waals surface area contributed by atoms with Crippen LogP contribution in [-0.4, -0.2) is 23.3 Å². The summed E-state index contributed by atoms with van der Waals surface area (Å²) in [6.45, 7) is 8.07. The third kappa shape index (κ3) is 5.56. The average Bonchev–Trinajstić information content (AvgIpc) is 2.52. The third-order valence-corrected chi connectivity index (χ3v) is 5.64. The van der Waals surface area contributed by atoms with E-state index in [1.807, 2.05) is 37.3 Å². The molecule has 0 heterocycles. The molecule has 130 valence electrons. The van der Waals surface area contributed by atoms with E-state index in [1.54, 1.807) is 24.3 Å². The van der Waals surface area contributed by atoms with Gasteiger partial charge in [0.15, 0.2) is 8.32 Å². The van der Waals surface area contributed by atoms with Gasteiger partial charge in [-0.05, 0) is 44.3 Å². The second-order valence-corrected chi connectivity index (χ2v) is 12.8. The maximum atomic E-state index is 12.4. The molecule has 1 atom stereocenters. The molecule has 6 heteroatoms. The second kappa shape index (κ2) is 7.61. The molecule has 2 aromatic rings. The quantitative estimate of drug-likeness (QED) is 0.543. The molecule has 0 N–H and O–H groups in total. The van der Waals surface area contributed by atoms with Gasteiger partial charge in [0.2, 0.25) is 0 Å². The van der Waals surface area contributed by atoms with Gasteiger partial charge in [-0.1, -0.05) is 48.0 Å². The molecule has 0 saturated heterocycles. The molecule has 0 amide bonds. The van der Waals surface area contributed by atoms with Gasteiger partial charge in [0, 0.05) is 0 Å². The Hall–Kier alpha value is -1.47. The van der Waals surface area contributed by atoms with E-state index in [0.717, 1.165) is 11.1 Å². The van der Waals surface area contributed by atoms with Crippen molar-refractivity contribution in [3.05, 3.63) is 65.7 Å². The highest BCUT2D eigenvalue weighted by Crippen LogP contribution is 2.24. The first-order valence-corrected chi connectivity index (χ1v) is 12.7. The highest BCUT2D eigenvalue weighted by molar-refractivity contribution is 7.86. The minimum absolute atomic E-state index is 0.0372. The van der Waals surface area contributed by atoms with E-state index >= 15 is 0 Å². The fourth-order valence-corrected chi connectivity index (χ4v) is 4.18. The average molecular weight is 365 g/mol. The summed E-state index contributed by atoms with van der Waals surface area (Å²) >= 11 is 0. The largest absolute Gasteiger partial charge is 0.408 e. The van der Waals surface area contributed by atoms with E-state index in [2.05, 4.69) is 19.6 Å². The first-order chi connectivity index (χ1) is 11.2. The van der Waals surface area contributed by atoms with Gasteiger partial charge in [0.1, 0.15) is 0 Å². The normalized spacial score (nSPS) is 13.7. The molecule has 0 radical (unpaired) electrons. The van der Waals surface area contributed by atoms with Gasteiger partial charge in [-0.15, -0.1) is 0 Å². The molecular formula is C18H24O4SSi. The molecule has 0 unspecified atom stereocenters. The molecule has 2 aromatic carbocycles. The van der Waals surface area contributed by atoms with Crippen molar-refractivity contribution in [3.63, 3.8) is 0 Å². The Kier molecular flexibility index (Phi) is 5.98. The van der Waals surface area contributed by atoms with E-state index in [1.165, 1.54) is 0 Å². The van der Waals surface area contributed by atoms with Crippen LogP contribution < -0.4 is 0 Å². The van der Waals surface area contributed by atoms with Crippen LogP contribution in [0.5, 0.6) is 0 Å². The summed E-state index contributed by atoms with van der Waals surface area (Å²) in [4.78, 5) is 0.160. The van der Waals surface area contributed by atoms with Crippen LogP contribution in [-0.2, 0) is 18.7 Å². The summed E-state index contributed by atoms with van der Waals surface area (Å²) in [5.74, 6) is 0. The lowest BCUT2D eigenvalue weighted by Crippen LogP contribution is -2.30. The summed E-state index contributed by atoms with van der Waals surface area (Å²) in [6.07, 6.45) is -0.405. The fourth-order valence-electron chi connectivity index (χ4n) is 2.22. The van der Waals surface area contributed by atoms with Crippen LogP contribution in [0.25, 0.3) is 0 Å². The molecule has 0 aromatic heterocycles. The second-order valence-electron chi connectivity index (χ2n) is 6.68. The molecule has 0 fully saturated rings. The minimum Gasteiger partial charge on any atom is -0.408 e. The minimum atomic E-state index is -3.80. The van der Waals surface area contributed by atoms with Gasteiger partial charge >= 0.3 is 0 Å². The van der Waals surface area contributed by atoms with Crippen molar-refractivity contribution in [2.45, 2.75) is 37.6 Å². The zero-order valence-corrected chi connectivity index (χ0v) is 16.3. The SMILES string of the molecule is Cc1ccc(S(=O)(=O)OC[C@@H](O[Si](C)(C)C)c2ccccc2)cc1. The van der Waals surface area contributed by atoms with Gasteiger partial charge in [0.25, 0.3) is 10.1 Å². The van der Waals surface area contributed by atoms with E-state index in [4.69, 9.17) is 8.61 Å². The zero-order chi connectivity index (χ0) is 17.8. The van der Waals surface area contributed by atoms with Crippen molar-refractivity contribution in [1.29, 1.82) is 0 Å². The summed E-state index contributed by atoms with van der Waals surface area (Å²) in [5, 5.41) is 0. The molecule has 0 bridgehead atoms. The van der Waals surface area contributed by atoms with Crippen molar-refractivity contribution in [2.24, 2.45) is 0 Å². The van der Waals surface area contributed by atoms with Crippen LogP contribution in [0.3, 0.4) is 0 Å². The molecule has 0 aliphatic carbocycles. The Labute approximate surface area is 145 Å². The number of rotatable bonds is 7. The fraction of sp³-hybridized carbons (Fsp3) is 0.333. The van der Waals surface area contributed by atoms with Crippen LogP contribution in [0.2, 0.25) is 19.6 Å². The van der Waals surface area contributed by atoms with E-state index < -0.39 is 24.5 Å². The number of hydrogen-bond donors (Lipinski definition) is 0. The predicted octanol–water partition coefficient (Wildman–Crippen LogP) is 4.29. The lowest BCUT2D eigenvalue weighted by molar-refractivity contribution is 0.127. The van der Waals surface area contributed by atoms with Crippen molar-refractivity contribution >= 4 is 18.4 Å². The maximum Gasteiger partial charge on any atom is 0.297 e. The van der Waals surface area contributed by atoms with Gasteiger partial charge in [-0.3, -0.25) is 4.18 Å². The molecule has 0 aliphatic heterocycles. The van der Waals surface area contributed by atoms with Crippen LogP contribution in [0.15, 0.2) is 59.5 Å². The Morgan fingerprint density at radius 1 is 0.958 bits per heavy atom. The third-order valence-electron chi connectivity index (χ3n) is 3.35. The van der Waals surface area contributed by atoms with Crippen molar-refractivity contribution in [1.82, 2.24) is 0 Å². The van der Waals surface area contributed by atoms with Crippen LogP contribution in [0, 0.1) is 6.92 Å². The van der Waals surface area contributed by atoms with E-state index in [0.29, 0.717) is 0 Å². The number of hydrogen-bond acceptors (Lipinski definition) is 4. The number of aryl methyl sites for hydroxylation is 1. The van der Waals surface area contributed by atoms with Gasteiger partial charge in [-0.25, -0.2) is 0 Å². The first-order valence-electron chi connectivity index (χ1n) is 7.86. The first kappa shape index (κ1) is 18.9. The van der Waals surface area contributed by atoms with Crippen molar-refractivity contribution in [3.8, 4) is 0 Å². The highest BCUT2D eigenvalue weighted by atomic mass is 32.2. The zero-order valence-electron chi connectivity index (χ0n) is 14.5. The molecule has 0 aliphatic rings. The smallest absolute Gasteiger partial charge is 0.297 e. The summed E-state index contributed by atoms with van der Waals surface area (Å²) in [5.41, 5.74) is 1.91. The topological polar surface area (TPSA) is 52.6 Å². The predicted molar refractivity (Wildman–Crippen MR) is 97.9 cm³/mol. The molecule has 0 saturated carbocycles. The van der Waals surface area contributed by atoms with Crippen molar-refractivity contribution in [2.75, 3.05) is 6.61 Å². The standard InChI is InChI=1S/C18H24O4SSi/c1-15-10-12-17(13-11-15)23(19,20)21-14-18(22-24(2,3)4)16-8-6-5-7-9-16/h5-13,18H,14H2,1-4H3/t18-/m1/s1. The Bertz CT molecular complexity index is 750. The molecule has 24 heavy (non-hydrogen) atoms. The van der Waals surface area contributed by atoms with Crippen LogP contribution in [0.4, 0.5) is 0 Å². The number of benzene rings is 2. The lowest BCUT2D eigenvalue weighted by atomic mass is 10.1. The van der Waals surface area contributed by atoms with Gasteiger partial charge in [-0.2, -0.15) is 8.42 Å². The van der Waals surface area contributed by atoms with E-state index in [-0.39, 0.29) is 11.5 Å². The van der Waals surface area contributed by atoms with E-state index in [9.17, 15) is 8.42 Å². The molecule has 0 spiro atoms. The lowest BCUT2D eigenvalue weighted by Gasteiger charge is -2.26. The van der Waals surface area contributed by atoms with Crippen molar-refractivity contribution < 1.29 is 17.0 Å². The maximum absolute atomic E-state index is 12.4. The monoisotopic (exact) mass is 364 g/mol. The van der Waals surface area contributed by atoms with Gasteiger partial charge < -0.3 is 4.43 Å². The summed E-state index contributed by atoms with van der Waals surface area (Å²) in [6, 6.07) is 16.2.